The van der Waals surface area contributed by atoms with Gasteiger partial charge in [0.1, 0.15) is 9.33 Å². The highest BCUT2D eigenvalue weighted by Gasteiger charge is 2.34. The van der Waals surface area contributed by atoms with Gasteiger partial charge < -0.3 is 0 Å². The molecular weight excluding hydrogens is 414 g/mol. The van der Waals surface area contributed by atoms with Crippen molar-refractivity contribution in [1.82, 2.24) is 0 Å². The number of hydrogen-bond acceptors (Lipinski definition) is 2. The van der Waals surface area contributed by atoms with Crippen molar-refractivity contribution in [1.29, 1.82) is 0 Å². The SMILES string of the molecule is O=C(C[C@H](C(Cl)Cl)[C@H](C=C(Cl)Cl)C(=O)c1ccccc1)c1ccccc1. The van der Waals surface area contributed by atoms with Crippen LogP contribution >= 0.6 is 46.4 Å². The third kappa shape index (κ3) is 5.85. The highest BCUT2D eigenvalue weighted by Crippen LogP contribution is 2.33. The van der Waals surface area contributed by atoms with Gasteiger partial charge in [-0.3, -0.25) is 9.59 Å². The van der Waals surface area contributed by atoms with Gasteiger partial charge in [-0.1, -0.05) is 83.9 Å². The van der Waals surface area contributed by atoms with Crippen LogP contribution in [0.3, 0.4) is 0 Å². The second-order valence-electron chi connectivity index (χ2n) is 5.70. The highest BCUT2D eigenvalue weighted by atomic mass is 35.5. The molecule has 2 aromatic carbocycles. The normalized spacial score (nSPS) is 13.1. The predicted molar refractivity (Wildman–Crippen MR) is 108 cm³/mol. The standard InChI is InChI=1S/C20H16Cl4O2/c21-18(22)12-15(19(26)14-9-5-2-6-10-14)16(20(23)24)11-17(25)13-7-3-1-4-8-13/h1-10,12,15-16,20H,11H2/t15-,16-/m0/s1. The Kier molecular flexibility index (Phi) is 8.17. The Balaban J connectivity index is 2.34. The van der Waals surface area contributed by atoms with E-state index in [2.05, 4.69) is 0 Å². The summed E-state index contributed by atoms with van der Waals surface area (Å²) in [6.45, 7) is 0. The van der Waals surface area contributed by atoms with Crippen molar-refractivity contribution >= 4 is 58.0 Å². The maximum absolute atomic E-state index is 13.0. The summed E-state index contributed by atoms with van der Waals surface area (Å²) in [6, 6.07) is 17.4. The van der Waals surface area contributed by atoms with Gasteiger partial charge >= 0.3 is 0 Å². The van der Waals surface area contributed by atoms with Crippen LogP contribution in [0.25, 0.3) is 0 Å². The van der Waals surface area contributed by atoms with Gasteiger partial charge in [-0.15, -0.1) is 23.2 Å². The average molecular weight is 430 g/mol. The molecule has 0 aromatic heterocycles. The maximum atomic E-state index is 13.0. The number of benzene rings is 2. The van der Waals surface area contributed by atoms with Crippen LogP contribution in [0.5, 0.6) is 0 Å². The van der Waals surface area contributed by atoms with Crippen molar-refractivity contribution in [2.45, 2.75) is 11.3 Å². The van der Waals surface area contributed by atoms with E-state index in [1.165, 1.54) is 6.08 Å². The fourth-order valence-corrected chi connectivity index (χ4v) is 3.42. The van der Waals surface area contributed by atoms with E-state index in [1.807, 2.05) is 6.07 Å². The van der Waals surface area contributed by atoms with E-state index >= 15 is 0 Å². The van der Waals surface area contributed by atoms with Crippen molar-refractivity contribution in [3.05, 3.63) is 82.4 Å². The van der Waals surface area contributed by atoms with Crippen LogP contribution < -0.4 is 0 Å². The lowest BCUT2D eigenvalue weighted by Gasteiger charge is -2.24. The molecule has 2 rings (SSSR count). The van der Waals surface area contributed by atoms with Crippen LogP contribution in [0.4, 0.5) is 0 Å². The number of ketones is 2. The molecule has 0 radical (unpaired) electrons. The van der Waals surface area contributed by atoms with Gasteiger partial charge in [0.15, 0.2) is 11.6 Å². The van der Waals surface area contributed by atoms with Gasteiger partial charge in [0.25, 0.3) is 0 Å². The summed E-state index contributed by atoms with van der Waals surface area (Å²) in [4.78, 5) is 24.6. The number of allylic oxidation sites excluding steroid dienone is 1. The lowest BCUT2D eigenvalue weighted by Crippen LogP contribution is -2.29. The quantitative estimate of drug-likeness (QED) is 0.354. The predicted octanol–water partition coefficient (Wildman–Crippen LogP) is 6.50. The Bertz CT molecular complexity index is 769. The zero-order valence-electron chi connectivity index (χ0n) is 13.6. The Morgan fingerprint density at radius 3 is 1.81 bits per heavy atom. The minimum Gasteiger partial charge on any atom is -0.294 e. The fourth-order valence-electron chi connectivity index (χ4n) is 2.65. The third-order valence-corrected chi connectivity index (χ3v) is 4.87. The number of hydrogen-bond donors (Lipinski definition) is 0. The first-order valence-electron chi connectivity index (χ1n) is 7.88. The third-order valence-electron chi connectivity index (χ3n) is 3.97. The molecule has 0 aliphatic rings. The molecule has 0 fully saturated rings. The molecule has 0 aliphatic carbocycles. The van der Waals surface area contributed by atoms with Gasteiger partial charge in [0.05, 0.1) is 0 Å². The Hall–Kier alpha value is -1.32. The molecule has 0 spiro atoms. The monoisotopic (exact) mass is 428 g/mol. The lowest BCUT2D eigenvalue weighted by molar-refractivity contribution is 0.0879. The van der Waals surface area contributed by atoms with Crippen LogP contribution in [0, 0.1) is 11.8 Å². The van der Waals surface area contributed by atoms with Crippen molar-refractivity contribution in [2.75, 3.05) is 0 Å². The molecule has 0 amide bonds. The fraction of sp³-hybridized carbons (Fsp3) is 0.200. The number of carbonyl (C=O) groups excluding carboxylic acids is 2. The van der Waals surface area contributed by atoms with Crippen LogP contribution in [0.2, 0.25) is 0 Å². The van der Waals surface area contributed by atoms with Gasteiger partial charge in [-0.25, -0.2) is 0 Å². The minimum absolute atomic E-state index is 0.0114. The summed E-state index contributed by atoms with van der Waals surface area (Å²) < 4.78 is -0.0783. The van der Waals surface area contributed by atoms with Gasteiger partial charge in [-0.05, 0) is 6.08 Å². The zero-order valence-corrected chi connectivity index (χ0v) is 16.6. The summed E-state index contributed by atoms with van der Waals surface area (Å²) in [6.07, 6.45) is 1.38. The molecular formula is C20H16Cl4O2. The molecule has 2 atom stereocenters. The van der Waals surface area contributed by atoms with Crippen molar-refractivity contribution in [2.24, 2.45) is 11.8 Å². The van der Waals surface area contributed by atoms with Crippen molar-refractivity contribution in [3.63, 3.8) is 0 Å². The minimum atomic E-state index is -0.954. The first-order valence-corrected chi connectivity index (χ1v) is 9.51. The van der Waals surface area contributed by atoms with Crippen LogP contribution in [-0.2, 0) is 0 Å². The van der Waals surface area contributed by atoms with E-state index < -0.39 is 16.7 Å². The topological polar surface area (TPSA) is 34.1 Å². The van der Waals surface area contributed by atoms with Gasteiger partial charge in [0, 0.05) is 29.4 Å². The van der Waals surface area contributed by atoms with E-state index in [1.54, 1.807) is 54.6 Å². The summed E-state index contributed by atoms with van der Waals surface area (Å²) in [5.41, 5.74) is 0.993. The molecule has 0 aliphatic heterocycles. The smallest absolute Gasteiger partial charge is 0.170 e. The second-order valence-corrected chi connectivity index (χ2v) is 7.88. The number of Topliss-reactive ketones (excluding diaryl/α,β-unsaturated/α-hetero) is 2. The average Bonchev–Trinajstić information content (AvgIpc) is 2.64. The first kappa shape index (κ1) is 21.0. The maximum Gasteiger partial charge on any atom is 0.170 e. The van der Waals surface area contributed by atoms with E-state index in [-0.39, 0.29) is 22.5 Å². The molecule has 2 nitrogen and oxygen atoms in total. The summed E-state index contributed by atoms with van der Waals surface area (Å²) in [7, 11) is 0. The van der Waals surface area contributed by atoms with Crippen LogP contribution in [0.15, 0.2) is 71.2 Å². The molecule has 0 heterocycles. The second kappa shape index (κ2) is 10.1. The van der Waals surface area contributed by atoms with Crippen LogP contribution in [0.1, 0.15) is 27.1 Å². The summed E-state index contributed by atoms with van der Waals surface area (Å²) in [5, 5.41) is 0. The Morgan fingerprint density at radius 2 is 1.35 bits per heavy atom. The molecule has 2 aromatic rings. The number of carbonyl (C=O) groups is 2. The van der Waals surface area contributed by atoms with E-state index in [0.29, 0.717) is 11.1 Å². The number of halogens is 4. The molecule has 0 saturated heterocycles. The van der Waals surface area contributed by atoms with Gasteiger partial charge in [-0.2, -0.15) is 0 Å². The first-order chi connectivity index (χ1) is 12.4. The molecule has 0 bridgehead atoms. The largest absolute Gasteiger partial charge is 0.294 e. The molecule has 0 unspecified atom stereocenters. The molecule has 136 valence electrons. The Labute approximate surface area is 172 Å². The summed E-state index contributed by atoms with van der Waals surface area (Å²) in [5.74, 6) is -1.91. The molecule has 0 N–H and O–H groups in total. The molecule has 0 saturated carbocycles. The lowest BCUT2D eigenvalue weighted by atomic mass is 9.82. The highest BCUT2D eigenvalue weighted by molar-refractivity contribution is 6.56. The number of alkyl halides is 2. The molecule has 6 heteroatoms. The zero-order chi connectivity index (χ0) is 19.1. The van der Waals surface area contributed by atoms with E-state index in [9.17, 15) is 9.59 Å². The van der Waals surface area contributed by atoms with E-state index in [0.717, 1.165) is 0 Å². The van der Waals surface area contributed by atoms with Crippen molar-refractivity contribution < 1.29 is 9.59 Å². The van der Waals surface area contributed by atoms with Gasteiger partial charge in [0.2, 0.25) is 0 Å². The Morgan fingerprint density at radius 1 is 0.846 bits per heavy atom. The molecule has 26 heavy (non-hydrogen) atoms. The summed E-state index contributed by atoms with van der Waals surface area (Å²) >= 11 is 23.9. The van der Waals surface area contributed by atoms with E-state index in [4.69, 9.17) is 46.4 Å². The van der Waals surface area contributed by atoms with Crippen molar-refractivity contribution in [3.8, 4) is 0 Å². The van der Waals surface area contributed by atoms with Crippen LogP contribution in [-0.4, -0.2) is 16.4 Å². The number of rotatable bonds is 8.